The molecular weight excluding hydrogens is 332 g/mol. The van der Waals surface area contributed by atoms with Gasteiger partial charge in [-0.3, -0.25) is 14.8 Å². The van der Waals surface area contributed by atoms with E-state index >= 15 is 0 Å². The van der Waals surface area contributed by atoms with Gasteiger partial charge in [0, 0.05) is 12.1 Å². The molecule has 2 rings (SSSR count). The minimum absolute atomic E-state index is 0.0625. The van der Waals surface area contributed by atoms with Gasteiger partial charge in [-0.25, -0.2) is 8.42 Å². The van der Waals surface area contributed by atoms with Gasteiger partial charge in [-0.15, -0.1) is 0 Å². The zero-order valence-corrected chi connectivity index (χ0v) is 13.5. The zero-order valence-electron chi connectivity index (χ0n) is 12.7. The summed E-state index contributed by atoms with van der Waals surface area (Å²) in [4.78, 5) is 10.3. The van der Waals surface area contributed by atoms with Gasteiger partial charge in [0.1, 0.15) is 6.61 Å². The molecule has 8 heteroatoms. The van der Waals surface area contributed by atoms with Crippen LogP contribution in [0.15, 0.2) is 47.4 Å². The Balaban J connectivity index is 2.44. The lowest BCUT2D eigenvalue weighted by Crippen LogP contribution is -2.14. The van der Waals surface area contributed by atoms with Gasteiger partial charge >= 0.3 is 0 Å². The van der Waals surface area contributed by atoms with Gasteiger partial charge in [-0.2, -0.15) is 0 Å². The van der Waals surface area contributed by atoms with Crippen LogP contribution >= 0.6 is 0 Å². The van der Waals surface area contributed by atoms with Crippen molar-refractivity contribution in [2.75, 3.05) is 11.3 Å². The van der Waals surface area contributed by atoms with Crippen molar-refractivity contribution in [3.63, 3.8) is 0 Å². The molecule has 0 radical (unpaired) electrons. The maximum absolute atomic E-state index is 12.4. The molecule has 0 aromatic heterocycles. The predicted molar refractivity (Wildman–Crippen MR) is 89.0 cm³/mol. The molecule has 7 nitrogen and oxygen atoms in total. The van der Waals surface area contributed by atoms with E-state index in [4.69, 9.17) is 5.11 Å². The highest BCUT2D eigenvalue weighted by atomic mass is 32.2. The van der Waals surface area contributed by atoms with Crippen molar-refractivity contribution >= 4 is 21.4 Å². The Kier molecular flexibility index (Phi) is 5.18. The van der Waals surface area contributed by atoms with Crippen LogP contribution in [0.25, 0.3) is 0 Å². The number of sulfonamides is 1. The van der Waals surface area contributed by atoms with Crippen molar-refractivity contribution in [2.24, 2.45) is 0 Å². The molecule has 124 valence electrons. The molecule has 0 fully saturated rings. The topological polar surface area (TPSA) is 110 Å². The highest BCUT2D eigenvalue weighted by molar-refractivity contribution is 7.92. The van der Waals surface area contributed by atoms with Crippen molar-refractivity contribution in [3.8, 4) is 11.8 Å². The van der Waals surface area contributed by atoms with E-state index in [1.54, 1.807) is 12.1 Å². The largest absolute Gasteiger partial charge is 0.384 e. The first kappa shape index (κ1) is 17.5. The van der Waals surface area contributed by atoms with Crippen LogP contribution in [0.3, 0.4) is 0 Å². The maximum atomic E-state index is 12.4. The molecule has 0 saturated carbocycles. The number of aryl methyl sites for hydroxylation is 1. The van der Waals surface area contributed by atoms with Gasteiger partial charge in [-0.1, -0.05) is 29.5 Å². The fourth-order valence-electron chi connectivity index (χ4n) is 1.89. The Morgan fingerprint density at radius 3 is 2.46 bits per heavy atom. The van der Waals surface area contributed by atoms with Crippen molar-refractivity contribution in [3.05, 3.63) is 63.7 Å². The van der Waals surface area contributed by atoms with Gasteiger partial charge in [0.25, 0.3) is 15.7 Å². The second kappa shape index (κ2) is 7.12. The van der Waals surface area contributed by atoms with Gasteiger partial charge < -0.3 is 5.11 Å². The lowest BCUT2D eigenvalue weighted by Gasteiger charge is -2.10. The van der Waals surface area contributed by atoms with Crippen LogP contribution in [0.1, 0.15) is 11.1 Å². The number of aliphatic hydroxyl groups is 1. The fourth-order valence-corrected chi connectivity index (χ4v) is 2.97. The summed E-state index contributed by atoms with van der Waals surface area (Å²) in [7, 11) is -3.86. The van der Waals surface area contributed by atoms with E-state index in [1.807, 2.05) is 6.92 Å². The molecule has 2 aromatic carbocycles. The average Bonchev–Trinajstić information content (AvgIpc) is 2.53. The van der Waals surface area contributed by atoms with E-state index in [0.29, 0.717) is 0 Å². The Morgan fingerprint density at radius 2 is 1.88 bits per heavy atom. The first-order valence-electron chi connectivity index (χ1n) is 6.81. The number of nitrogens with one attached hydrogen (secondary N) is 1. The van der Waals surface area contributed by atoms with Crippen LogP contribution in [0, 0.1) is 28.9 Å². The van der Waals surface area contributed by atoms with E-state index in [9.17, 15) is 18.5 Å². The van der Waals surface area contributed by atoms with E-state index < -0.39 is 21.6 Å². The quantitative estimate of drug-likeness (QED) is 0.500. The van der Waals surface area contributed by atoms with E-state index in [2.05, 4.69) is 16.6 Å². The number of non-ortho nitro benzene ring substituents is 1. The minimum atomic E-state index is -3.86. The van der Waals surface area contributed by atoms with Crippen LogP contribution in [0.5, 0.6) is 0 Å². The number of rotatable bonds is 4. The summed E-state index contributed by atoms with van der Waals surface area (Å²) < 4.78 is 27.2. The molecule has 0 amide bonds. The molecule has 0 aliphatic rings. The third-order valence-electron chi connectivity index (χ3n) is 3.09. The Labute approximate surface area is 139 Å². The van der Waals surface area contributed by atoms with E-state index in [1.165, 1.54) is 24.3 Å². The van der Waals surface area contributed by atoms with Crippen molar-refractivity contribution in [2.45, 2.75) is 11.8 Å². The molecule has 0 atom stereocenters. The van der Waals surface area contributed by atoms with Crippen molar-refractivity contribution in [1.29, 1.82) is 0 Å². The first-order chi connectivity index (χ1) is 11.3. The molecule has 0 unspecified atom stereocenters. The molecular formula is C16H14N2O5S. The number of nitro benzene ring substituents is 1. The second-order valence-corrected chi connectivity index (χ2v) is 6.55. The Hall–Kier alpha value is -2.89. The monoisotopic (exact) mass is 346 g/mol. The molecule has 24 heavy (non-hydrogen) atoms. The number of hydrogen-bond donors (Lipinski definition) is 2. The van der Waals surface area contributed by atoms with Crippen molar-refractivity contribution in [1.82, 2.24) is 0 Å². The number of hydrogen-bond acceptors (Lipinski definition) is 5. The number of anilines is 1. The van der Waals surface area contributed by atoms with Crippen LogP contribution in [-0.4, -0.2) is 25.1 Å². The number of benzene rings is 2. The second-order valence-electron chi connectivity index (χ2n) is 4.87. The van der Waals surface area contributed by atoms with E-state index in [0.717, 1.165) is 11.6 Å². The summed E-state index contributed by atoms with van der Waals surface area (Å²) >= 11 is 0. The lowest BCUT2D eigenvalue weighted by atomic mass is 10.1. The van der Waals surface area contributed by atoms with Gasteiger partial charge in [0.05, 0.1) is 21.1 Å². The lowest BCUT2D eigenvalue weighted by molar-refractivity contribution is -0.384. The smallest absolute Gasteiger partial charge is 0.270 e. The first-order valence-corrected chi connectivity index (χ1v) is 8.29. The molecule has 2 N–H and O–H groups in total. The Morgan fingerprint density at radius 1 is 1.21 bits per heavy atom. The maximum Gasteiger partial charge on any atom is 0.270 e. The highest BCUT2D eigenvalue weighted by Crippen LogP contribution is 2.24. The third-order valence-corrected chi connectivity index (χ3v) is 4.47. The standard InChI is InChI=1S/C16H14N2O5S/c1-12-4-7-15(8-5-12)24(22,23)17-16-9-6-14(18(20)21)11-13(16)3-2-10-19/h4-9,11,17,19H,10H2,1H3. The third kappa shape index (κ3) is 4.10. The van der Waals surface area contributed by atoms with Crippen LogP contribution in [0.4, 0.5) is 11.4 Å². The number of nitrogens with zero attached hydrogens (tertiary/aromatic N) is 1. The molecule has 0 spiro atoms. The molecule has 0 aliphatic carbocycles. The number of aliphatic hydroxyl groups excluding tert-OH is 1. The molecule has 0 saturated heterocycles. The van der Waals surface area contributed by atoms with Gasteiger partial charge in [0.2, 0.25) is 0 Å². The van der Waals surface area contributed by atoms with Crippen LogP contribution in [-0.2, 0) is 10.0 Å². The molecule has 0 aliphatic heterocycles. The summed E-state index contributed by atoms with van der Waals surface area (Å²) in [6, 6.07) is 9.84. The summed E-state index contributed by atoms with van der Waals surface area (Å²) in [5.74, 6) is 4.86. The van der Waals surface area contributed by atoms with E-state index in [-0.39, 0.29) is 21.8 Å². The minimum Gasteiger partial charge on any atom is -0.384 e. The Bertz CT molecular complexity index is 925. The SMILES string of the molecule is Cc1ccc(S(=O)(=O)Nc2ccc([N+](=O)[O-])cc2C#CCO)cc1. The highest BCUT2D eigenvalue weighted by Gasteiger charge is 2.17. The summed E-state index contributed by atoms with van der Waals surface area (Å²) in [5.41, 5.74) is 0.894. The summed E-state index contributed by atoms with van der Waals surface area (Å²) in [5, 5.41) is 19.6. The van der Waals surface area contributed by atoms with Crippen LogP contribution < -0.4 is 4.72 Å². The summed E-state index contributed by atoms with van der Waals surface area (Å²) in [6.45, 7) is 1.38. The molecule has 0 bridgehead atoms. The molecule has 2 aromatic rings. The fraction of sp³-hybridized carbons (Fsp3) is 0.125. The summed E-state index contributed by atoms with van der Waals surface area (Å²) in [6.07, 6.45) is 0. The van der Waals surface area contributed by atoms with Crippen molar-refractivity contribution < 1.29 is 18.4 Å². The average molecular weight is 346 g/mol. The molecule has 0 heterocycles. The van der Waals surface area contributed by atoms with Gasteiger partial charge in [-0.05, 0) is 25.1 Å². The number of nitro groups is 1. The zero-order chi connectivity index (χ0) is 17.7. The predicted octanol–water partition coefficient (Wildman–Crippen LogP) is 2.05. The van der Waals surface area contributed by atoms with Gasteiger partial charge in [0.15, 0.2) is 0 Å². The normalized spacial score (nSPS) is 10.6. The van der Waals surface area contributed by atoms with Crippen LogP contribution in [0.2, 0.25) is 0 Å².